The van der Waals surface area contributed by atoms with Crippen molar-refractivity contribution in [2.24, 2.45) is 5.73 Å². The molecular formula is C17H23N3. The maximum absolute atomic E-state index is 5.71. The predicted octanol–water partition coefficient (Wildman–Crippen LogP) is 3.32. The highest BCUT2D eigenvalue weighted by Crippen LogP contribution is 2.46. The van der Waals surface area contributed by atoms with Crippen molar-refractivity contribution in [1.29, 1.82) is 0 Å². The monoisotopic (exact) mass is 269 g/mol. The first-order valence-corrected chi connectivity index (χ1v) is 7.88. The number of nitrogens with one attached hydrogen (secondary N) is 1. The van der Waals surface area contributed by atoms with Crippen LogP contribution >= 0.6 is 0 Å². The first-order chi connectivity index (χ1) is 9.78. The summed E-state index contributed by atoms with van der Waals surface area (Å²) in [5, 5.41) is 1.45. The molecule has 1 unspecified atom stereocenters. The summed E-state index contributed by atoms with van der Waals surface area (Å²) in [4.78, 5) is 6.17. The molecule has 0 amide bonds. The number of nitrogens with zero attached hydrogens (tertiary/aromatic N) is 1. The molecule has 2 bridgehead atoms. The van der Waals surface area contributed by atoms with Gasteiger partial charge in [-0.3, -0.25) is 0 Å². The molecule has 1 fully saturated rings. The van der Waals surface area contributed by atoms with Crippen LogP contribution in [0.5, 0.6) is 0 Å². The number of hydrogen-bond acceptors (Lipinski definition) is 2. The Labute approximate surface area is 120 Å². The van der Waals surface area contributed by atoms with Crippen LogP contribution < -0.4 is 10.6 Å². The van der Waals surface area contributed by atoms with Gasteiger partial charge in [-0.25, -0.2) is 0 Å². The van der Waals surface area contributed by atoms with E-state index in [-0.39, 0.29) is 0 Å². The van der Waals surface area contributed by atoms with E-state index in [9.17, 15) is 0 Å². The van der Waals surface area contributed by atoms with Gasteiger partial charge in [0.15, 0.2) is 0 Å². The van der Waals surface area contributed by atoms with E-state index in [0.717, 1.165) is 18.9 Å². The number of hydrogen-bond donors (Lipinski definition) is 2. The fraction of sp³-hybridized carbons (Fsp3) is 0.529. The van der Waals surface area contributed by atoms with Crippen molar-refractivity contribution in [2.75, 3.05) is 24.5 Å². The maximum atomic E-state index is 5.71. The van der Waals surface area contributed by atoms with E-state index in [0.29, 0.717) is 5.92 Å². The molecule has 3 heteroatoms. The Balaban J connectivity index is 1.84. The fourth-order valence-corrected chi connectivity index (χ4v) is 3.99. The van der Waals surface area contributed by atoms with Crippen LogP contribution in [-0.2, 0) is 0 Å². The quantitative estimate of drug-likeness (QED) is 0.898. The molecule has 20 heavy (non-hydrogen) atoms. The number of benzene rings is 1. The molecule has 0 aliphatic carbocycles. The Morgan fingerprint density at radius 3 is 2.90 bits per heavy atom. The number of piperidine rings is 1. The Kier molecular flexibility index (Phi) is 2.77. The van der Waals surface area contributed by atoms with Crippen LogP contribution in [-0.4, -0.2) is 24.6 Å². The fourth-order valence-electron chi connectivity index (χ4n) is 3.99. The van der Waals surface area contributed by atoms with Gasteiger partial charge in [-0.05, 0) is 55.3 Å². The molecule has 1 saturated heterocycles. The lowest BCUT2D eigenvalue weighted by Crippen LogP contribution is -2.38. The summed E-state index contributed by atoms with van der Waals surface area (Å²) in [6, 6.07) is 6.94. The number of aromatic nitrogens is 1. The topological polar surface area (TPSA) is 45.1 Å². The average Bonchev–Trinajstić information content (AvgIpc) is 2.89. The van der Waals surface area contributed by atoms with Gasteiger partial charge < -0.3 is 15.6 Å². The van der Waals surface area contributed by atoms with Gasteiger partial charge in [0.2, 0.25) is 0 Å². The van der Waals surface area contributed by atoms with Crippen LogP contribution in [0.25, 0.3) is 10.9 Å². The molecule has 0 saturated carbocycles. The molecule has 2 aromatic rings. The van der Waals surface area contributed by atoms with Crippen molar-refractivity contribution in [3.8, 4) is 0 Å². The average molecular weight is 269 g/mol. The Hall–Kier alpha value is -1.48. The molecule has 106 valence electrons. The predicted molar refractivity (Wildman–Crippen MR) is 84.6 cm³/mol. The van der Waals surface area contributed by atoms with Crippen LogP contribution in [0, 0.1) is 0 Å². The van der Waals surface area contributed by atoms with Gasteiger partial charge >= 0.3 is 0 Å². The zero-order valence-corrected chi connectivity index (χ0v) is 12.2. The van der Waals surface area contributed by atoms with Gasteiger partial charge in [0.25, 0.3) is 0 Å². The number of H-pyrrole nitrogens is 1. The normalized spacial score (nSPS) is 19.6. The van der Waals surface area contributed by atoms with Crippen LogP contribution in [0.1, 0.15) is 49.1 Å². The van der Waals surface area contributed by atoms with Crippen molar-refractivity contribution >= 4 is 16.7 Å². The van der Waals surface area contributed by atoms with Crippen LogP contribution in [0.3, 0.4) is 0 Å². The van der Waals surface area contributed by atoms with Gasteiger partial charge in [0.1, 0.15) is 5.82 Å². The van der Waals surface area contributed by atoms with Crippen molar-refractivity contribution in [1.82, 2.24) is 4.98 Å². The van der Waals surface area contributed by atoms with E-state index < -0.39 is 0 Å². The van der Waals surface area contributed by atoms with Crippen molar-refractivity contribution in [2.45, 2.75) is 38.0 Å². The lowest BCUT2D eigenvalue weighted by Gasteiger charge is -2.40. The SMILES string of the molecule is CC(CCN)c1ccc2[nH]c3c(c2c1)C1CCN3CC1. The molecule has 0 spiro atoms. The Bertz CT molecular complexity index is 635. The third kappa shape index (κ3) is 1.69. The number of anilines is 1. The molecule has 3 N–H and O–H groups in total. The van der Waals surface area contributed by atoms with E-state index in [4.69, 9.17) is 5.73 Å². The van der Waals surface area contributed by atoms with Crippen LogP contribution in [0.4, 0.5) is 5.82 Å². The molecular weight excluding hydrogens is 246 g/mol. The van der Waals surface area contributed by atoms with E-state index in [1.165, 1.54) is 48.2 Å². The van der Waals surface area contributed by atoms with E-state index >= 15 is 0 Å². The molecule has 3 aliphatic heterocycles. The standard InChI is InChI=1S/C17H23N3/c1-11(4-7-18)13-2-3-15-14(10-13)16-12-5-8-20(9-6-12)17(16)19-15/h2-3,10-12,19H,4-9,18H2,1H3. The van der Waals surface area contributed by atoms with Crippen molar-refractivity contribution in [3.05, 3.63) is 29.3 Å². The molecule has 3 aliphatic rings. The van der Waals surface area contributed by atoms with Crippen molar-refractivity contribution < 1.29 is 0 Å². The summed E-state index contributed by atoms with van der Waals surface area (Å²) < 4.78 is 0. The number of fused-ring (bicyclic) bond motifs is 3. The zero-order valence-electron chi connectivity index (χ0n) is 12.2. The summed E-state index contributed by atoms with van der Waals surface area (Å²) in [5.74, 6) is 2.71. The summed E-state index contributed by atoms with van der Waals surface area (Å²) in [6.07, 6.45) is 3.71. The lowest BCUT2D eigenvalue weighted by molar-refractivity contribution is 0.475. The third-order valence-corrected chi connectivity index (χ3v) is 5.23. The van der Waals surface area contributed by atoms with Gasteiger partial charge in [0, 0.05) is 29.6 Å². The van der Waals surface area contributed by atoms with Gasteiger partial charge in [-0.2, -0.15) is 0 Å². The summed E-state index contributed by atoms with van der Waals surface area (Å²) >= 11 is 0. The van der Waals surface area contributed by atoms with Gasteiger partial charge in [-0.15, -0.1) is 0 Å². The Morgan fingerprint density at radius 1 is 1.35 bits per heavy atom. The summed E-state index contributed by atoms with van der Waals surface area (Å²) in [7, 11) is 0. The number of aromatic amines is 1. The zero-order chi connectivity index (χ0) is 13.7. The second-order valence-electron chi connectivity index (χ2n) is 6.43. The first kappa shape index (κ1) is 12.3. The van der Waals surface area contributed by atoms with Crippen LogP contribution in [0.15, 0.2) is 18.2 Å². The van der Waals surface area contributed by atoms with E-state index in [2.05, 4.69) is 35.0 Å². The highest BCUT2D eigenvalue weighted by Gasteiger charge is 2.33. The molecule has 1 aromatic carbocycles. The molecule has 0 radical (unpaired) electrons. The largest absolute Gasteiger partial charge is 0.358 e. The molecule has 1 atom stereocenters. The minimum atomic E-state index is 0.552. The minimum absolute atomic E-state index is 0.552. The second-order valence-corrected chi connectivity index (χ2v) is 6.43. The van der Waals surface area contributed by atoms with Crippen molar-refractivity contribution in [3.63, 3.8) is 0 Å². The second kappa shape index (κ2) is 4.52. The van der Waals surface area contributed by atoms with E-state index in [1.54, 1.807) is 5.56 Å². The van der Waals surface area contributed by atoms with Crippen LogP contribution in [0.2, 0.25) is 0 Å². The third-order valence-electron chi connectivity index (χ3n) is 5.23. The lowest BCUT2D eigenvalue weighted by atomic mass is 9.83. The van der Waals surface area contributed by atoms with Gasteiger partial charge in [0.05, 0.1) is 0 Å². The number of rotatable bonds is 3. The highest BCUT2D eigenvalue weighted by molar-refractivity contribution is 5.91. The smallest absolute Gasteiger partial charge is 0.110 e. The van der Waals surface area contributed by atoms with E-state index in [1.807, 2.05) is 0 Å². The molecule has 1 aromatic heterocycles. The Morgan fingerprint density at radius 2 is 2.15 bits per heavy atom. The molecule has 3 nitrogen and oxygen atoms in total. The molecule has 5 rings (SSSR count). The van der Waals surface area contributed by atoms with Gasteiger partial charge in [-0.1, -0.05) is 13.0 Å². The maximum Gasteiger partial charge on any atom is 0.110 e. The first-order valence-electron chi connectivity index (χ1n) is 7.88. The minimum Gasteiger partial charge on any atom is -0.358 e. The number of nitrogens with two attached hydrogens (primary N) is 1. The molecule has 4 heterocycles. The summed E-state index contributed by atoms with van der Waals surface area (Å²) in [5.41, 5.74) is 10.0. The highest BCUT2D eigenvalue weighted by atomic mass is 15.2. The summed E-state index contributed by atoms with van der Waals surface area (Å²) in [6.45, 7) is 5.49.